The summed E-state index contributed by atoms with van der Waals surface area (Å²) in [6.45, 7) is 3.50. The quantitative estimate of drug-likeness (QED) is 0.925. The van der Waals surface area contributed by atoms with E-state index in [0.29, 0.717) is 0 Å². The molecule has 4 nitrogen and oxygen atoms in total. The number of benzene rings is 1. The van der Waals surface area contributed by atoms with Crippen molar-refractivity contribution in [2.45, 2.75) is 6.18 Å². The van der Waals surface area contributed by atoms with Crippen LogP contribution in [0.25, 0.3) is 11.3 Å². The highest BCUT2D eigenvalue weighted by atomic mass is 19.4. The summed E-state index contributed by atoms with van der Waals surface area (Å²) in [5.41, 5.74) is 1.91. The van der Waals surface area contributed by atoms with Crippen molar-refractivity contribution in [3.63, 3.8) is 0 Å². The Bertz CT molecular complexity index is 640. The normalized spacial score (nSPS) is 16.1. The summed E-state index contributed by atoms with van der Waals surface area (Å²) in [7, 11) is 1.80. The molecular weight excluding hydrogens is 293 g/mol. The number of anilines is 1. The van der Waals surface area contributed by atoms with Crippen LogP contribution in [0.1, 0.15) is 5.56 Å². The molecule has 0 saturated carbocycles. The van der Waals surface area contributed by atoms with Crippen LogP contribution < -0.4 is 10.2 Å². The van der Waals surface area contributed by atoms with Gasteiger partial charge in [0, 0.05) is 38.8 Å². The largest absolute Gasteiger partial charge is 0.416 e. The van der Waals surface area contributed by atoms with Crippen LogP contribution in [0.4, 0.5) is 18.9 Å². The van der Waals surface area contributed by atoms with Gasteiger partial charge < -0.3 is 10.2 Å². The fraction of sp³-hybridized carbons (Fsp3) is 0.400. The Morgan fingerprint density at radius 2 is 1.73 bits per heavy atom. The molecule has 2 aromatic rings. The van der Waals surface area contributed by atoms with Crippen LogP contribution >= 0.6 is 0 Å². The average Bonchev–Trinajstić information content (AvgIpc) is 2.89. The van der Waals surface area contributed by atoms with E-state index in [1.54, 1.807) is 17.9 Å². The first kappa shape index (κ1) is 14.9. The van der Waals surface area contributed by atoms with Crippen LogP contribution in [0.5, 0.6) is 0 Å². The third kappa shape index (κ3) is 2.81. The molecule has 0 bridgehead atoms. The maximum Gasteiger partial charge on any atom is 0.416 e. The van der Waals surface area contributed by atoms with E-state index in [0.717, 1.165) is 55.3 Å². The Morgan fingerprint density at radius 3 is 2.32 bits per heavy atom. The molecule has 0 aliphatic carbocycles. The summed E-state index contributed by atoms with van der Waals surface area (Å²) in [4.78, 5) is 2.20. The van der Waals surface area contributed by atoms with Gasteiger partial charge in [-0.2, -0.15) is 18.3 Å². The minimum absolute atomic E-state index is 0.637. The Hall–Kier alpha value is -2.02. The van der Waals surface area contributed by atoms with Crippen LogP contribution in [0.2, 0.25) is 0 Å². The number of alkyl halides is 3. The van der Waals surface area contributed by atoms with Gasteiger partial charge in [-0.1, -0.05) is 12.1 Å². The van der Waals surface area contributed by atoms with Gasteiger partial charge in [0.25, 0.3) is 0 Å². The monoisotopic (exact) mass is 310 g/mol. The van der Waals surface area contributed by atoms with Gasteiger partial charge in [0.15, 0.2) is 0 Å². The molecule has 2 heterocycles. The number of piperazine rings is 1. The molecule has 1 fully saturated rings. The minimum Gasteiger partial charge on any atom is -0.366 e. The molecule has 0 spiro atoms. The smallest absolute Gasteiger partial charge is 0.366 e. The summed E-state index contributed by atoms with van der Waals surface area (Å²) in [6.07, 6.45) is -2.54. The van der Waals surface area contributed by atoms with E-state index in [9.17, 15) is 13.2 Å². The molecule has 1 N–H and O–H groups in total. The average molecular weight is 310 g/mol. The van der Waals surface area contributed by atoms with Crippen molar-refractivity contribution in [3.05, 3.63) is 36.0 Å². The Balaban J connectivity index is 1.96. The highest BCUT2D eigenvalue weighted by Crippen LogP contribution is 2.34. The lowest BCUT2D eigenvalue weighted by Crippen LogP contribution is -2.43. The summed E-state index contributed by atoms with van der Waals surface area (Å²) in [6, 6.07) is 5.24. The molecule has 1 saturated heterocycles. The second-order valence-corrected chi connectivity index (χ2v) is 5.31. The van der Waals surface area contributed by atoms with Gasteiger partial charge in [-0.3, -0.25) is 4.68 Å². The van der Waals surface area contributed by atoms with Crippen molar-refractivity contribution in [2.75, 3.05) is 31.1 Å². The zero-order chi connectivity index (χ0) is 15.7. The fourth-order valence-corrected chi connectivity index (χ4v) is 2.71. The second kappa shape index (κ2) is 5.64. The van der Waals surface area contributed by atoms with Crippen LogP contribution in [-0.2, 0) is 13.2 Å². The Morgan fingerprint density at radius 1 is 1.09 bits per heavy atom. The van der Waals surface area contributed by atoms with E-state index in [4.69, 9.17) is 0 Å². The minimum atomic E-state index is -4.31. The Labute approximate surface area is 126 Å². The maximum absolute atomic E-state index is 12.7. The highest BCUT2D eigenvalue weighted by molar-refractivity contribution is 5.75. The standard InChI is InChI=1S/C15H17F3N4/c1-21-14(11-2-4-12(5-3-11)15(16,17)18)13(10-20-21)22-8-6-19-7-9-22/h2-5,10,19H,6-9H2,1H3. The number of hydrogen-bond acceptors (Lipinski definition) is 3. The lowest BCUT2D eigenvalue weighted by atomic mass is 10.1. The number of hydrogen-bond donors (Lipinski definition) is 1. The van der Waals surface area contributed by atoms with Crippen molar-refractivity contribution in [1.29, 1.82) is 0 Å². The van der Waals surface area contributed by atoms with Crippen molar-refractivity contribution >= 4 is 5.69 Å². The summed E-state index contributed by atoms with van der Waals surface area (Å²) in [5, 5.41) is 7.55. The summed E-state index contributed by atoms with van der Waals surface area (Å²) < 4.78 is 39.7. The van der Waals surface area contributed by atoms with Crippen molar-refractivity contribution in [2.24, 2.45) is 7.05 Å². The van der Waals surface area contributed by atoms with Gasteiger partial charge >= 0.3 is 6.18 Å². The molecule has 1 aromatic carbocycles. The van der Waals surface area contributed by atoms with E-state index in [-0.39, 0.29) is 0 Å². The van der Waals surface area contributed by atoms with Crippen molar-refractivity contribution in [3.8, 4) is 11.3 Å². The van der Waals surface area contributed by atoms with Gasteiger partial charge in [-0.25, -0.2) is 0 Å². The number of nitrogens with one attached hydrogen (secondary N) is 1. The lowest BCUT2D eigenvalue weighted by molar-refractivity contribution is -0.137. The first-order valence-corrected chi connectivity index (χ1v) is 7.12. The van der Waals surface area contributed by atoms with Crippen LogP contribution in [0, 0.1) is 0 Å². The zero-order valence-corrected chi connectivity index (χ0v) is 12.2. The zero-order valence-electron chi connectivity index (χ0n) is 12.2. The van der Waals surface area contributed by atoms with Crippen molar-refractivity contribution in [1.82, 2.24) is 15.1 Å². The van der Waals surface area contributed by atoms with Gasteiger partial charge in [-0.15, -0.1) is 0 Å². The van der Waals surface area contributed by atoms with Gasteiger partial charge in [0.05, 0.1) is 23.1 Å². The number of nitrogens with zero attached hydrogens (tertiary/aromatic N) is 3. The van der Waals surface area contributed by atoms with E-state index >= 15 is 0 Å². The molecule has 118 valence electrons. The molecule has 0 radical (unpaired) electrons. The SMILES string of the molecule is Cn1ncc(N2CCNCC2)c1-c1ccc(C(F)(F)F)cc1. The van der Waals surface area contributed by atoms with Gasteiger partial charge in [-0.05, 0) is 12.1 Å². The van der Waals surface area contributed by atoms with Crippen molar-refractivity contribution < 1.29 is 13.2 Å². The van der Waals surface area contributed by atoms with E-state index in [1.807, 2.05) is 0 Å². The van der Waals surface area contributed by atoms with E-state index in [2.05, 4.69) is 15.3 Å². The third-order valence-corrected chi connectivity index (χ3v) is 3.86. The van der Waals surface area contributed by atoms with Crippen LogP contribution in [0.15, 0.2) is 30.5 Å². The molecular formula is C15H17F3N4. The highest BCUT2D eigenvalue weighted by Gasteiger charge is 2.30. The third-order valence-electron chi connectivity index (χ3n) is 3.86. The number of halogens is 3. The molecule has 0 unspecified atom stereocenters. The van der Waals surface area contributed by atoms with E-state index < -0.39 is 11.7 Å². The van der Waals surface area contributed by atoms with E-state index in [1.165, 1.54) is 12.1 Å². The molecule has 22 heavy (non-hydrogen) atoms. The predicted molar refractivity (Wildman–Crippen MR) is 78.7 cm³/mol. The lowest BCUT2D eigenvalue weighted by Gasteiger charge is -2.29. The number of aryl methyl sites for hydroxylation is 1. The molecule has 0 atom stereocenters. The van der Waals surface area contributed by atoms with Crippen LogP contribution in [-0.4, -0.2) is 36.0 Å². The molecule has 1 aromatic heterocycles. The Kier molecular flexibility index (Phi) is 3.82. The first-order valence-electron chi connectivity index (χ1n) is 7.12. The number of aromatic nitrogens is 2. The summed E-state index contributed by atoms with van der Waals surface area (Å²) in [5.74, 6) is 0. The van der Waals surface area contributed by atoms with Crippen LogP contribution in [0.3, 0.4) is 0 Å². The topological polar surface area (TPSA) is 33.1 Å². The maximum atomic E-state index is 12.7. The molecule has 1 aliphatic rings. The van der Waals surface area contributed by atoms with Gasteiger partial charge in [0.1, 0.15) is 0 Å². The molecule has 1 aliphatic heterocycles. The van der Waals surface area contributed by atoms with Gasteiger partial charge in [0.2, 0.25) is 0 Å². The molecule has 3 rings (SSSR count). The molecule has 7 heteroatoms. The molecule has 0 amide bonds. The number of rotatable bonds is 2. The summed E-state index contributed by atoms with van der Waals surface area (Å²) >= 11 is 0. The fourth-order valence-electron chi connectivity index (χ4n) is 2.71. The second-order valence-electron chi connectivity index (χ2n) is 5.31. The predicted octanol–water partition coefficient (Wildman–Crippen LogP) is 2.52. The first-order chi connectivity index (χ1) is 10.5.